The van der Waals surface area contributed by atoms with Gasteiger partial charge in [-0.25, -0.2) is 0 Å². The Morgan fingerprint density at radius 1 is 1.36 bits per heavy atom. The number of guanidine groups is 1. The third kappa shape index (κ3) is 7.19. The predicted molar refractivity (Wildman–Crippen MR) is 113 cm³/mol. The number of hydrogen-bond acceptors (Lipinski definition) is 3. The van der Waals surface area contributed by atoms with Gasteiger partial charge in [-0.1, -0.05) is 32.0 Å². The number of anilines is 1. The molecule has 0 fully saturated rings. The Morgan fingerprint density at radius 3 is 2.84 bits per heavy atom. The van der Waals surface area contributed by atoms with Crippen LogP contribution in [0.15, 0.2) is 29.3 Å². The van der Waals surface area contributed by atoms with Crippen LogP contribution < -0.4 is 16.0 Å². The molecule has 0 radical (unpaired) electrons. The molecule has 0 saturated heterocycles. The van der Waals surface area contributed by atoms with E-state index in [2.05, 4.69) is 40.9 Å². The average Bonchev–Trinajstić information content (AvgIpc) is 2.56. The number of hydrogen-bond donors (Lipinski definition) is 3. The number of carbonyl (C=O) groups excluding carboxylic acids is 1. The first-order valence-corrected chi connectivity index (χ1v) is 8.51. The summed E-state index contributed by atoms with van der Waals surface area (Å²) in [6.45, 7) is 7.04. The summed E-state index contributed by atoms with van der Waals surface area (Å²) in [7, 11) is 1.74. The number of fused-ring (bicyclic) bond motifs is 1. The Balaban J connectivity index is 0.00000312. The standard InChI is InChI=1S/C18H28N4O2.HI/c1-13(2)12-24-9-8-20-18(19-3)21-11-14-10-17(23)22-16-7-5-4-6-15(14)16;/h4-7,13-14H,8-12H2,1-3H3,(H,22,23)(H2,19,20,21);1H. The maximum Gasteiger partial charge on any atom is 0.225 e. The molecule has 1 atom stereocenters. The quantitative estimate of drug-likeness (QED) is 0.253. The van der Waals surface area contributed by atoms with Gasteiger partial charge in [0.1, 0.15) is 0 Å². The second-order valence-corrected chi connectivity index (χ2v) is 6.39. The fourth-order valence-electron chi connectivity index (χ4n) is 2.69. The van der Waals surface area contributed by atoms with Crippen LogP contribution >= 0.6 is 24.0 Å². The Bertz CT molecular complexity index is 578. The third-order valence-corrected chi connectivity index (χ3v) is 3.84. The molecule has 6 nitrogen and oxygen atoms in total. The highest BCUT2D eigenvalue weighted by Gasteiger charge is 2.24. The van der Waals surface area contributed by atoms with Crippen molar-refractivity contribution in [2.45, 2.75) is 26.2 Å². The Hall–Kier alpha value is -1.35. The fraction of sp³-hybridized carbons (Fsp3) is 0.556. The van der Waals surface area contributed by atoms with Crippen LogP contribution in [0.1, 0.15) is 31.7 Å². The lowest BCUT2D eigenvalue weighted by Gasteiger charge is -2.26. The molecule has 1 aliphatic heterocycles. The number of nitrogens with zero attached hydrogens (tertiary/aromatic N) is 1. The minimum absolute atomic E-state index is 0. The number of halogens is 1. The molecule has 3 N–H and O–H groups in total. The van der Waals surface area contributed by atoms with Gasteiger partial charge in [0.05, 0.1) is 6.61 Å². The lowest BCUT2D eigenvalue weighted by molar-refractivity contribution is -0.116. The molecule has 0 aromatic heterocycles. The molecule has 1 amide bonds. The summed E-state index contributed by atoms with van der Waals surface area (Å²) in [4.78, 5) is 16.1. The number of para-hydroxylation sites is 1. The number of aliphatic imine (C=N–C) groups is 1. The first-order chi connectivity index (χ1) is 11.6. The van der Waals surface area contributed by atoms with E-state index in [1.165, 1.54) is 5.56 Å². The molecule has 7 heteroatoms. The van der Waals surface area contributed by atoms with E-state index in [9.17, 15) is 4.79 Å². The van der Waals surface area contributed by atoms with E-state index in [1.54, 1.807) is 7.05 Å². The molecule has 0 aliphatic carbocycles. The predicted octanol–water partition coefficient (Wildman–Crippen LogP) is 2.57. The number of ether oxygens (including phenoxy) is 1. The highest BCUT2D eigenvalue weighted by molar-refractivity contribution is 14.0. The lowest BCUT2D eigenvalue weighted by atomic mass is 9.90. The molecule has 1 aromatic carbocycles. The highest BCUT2D eigenvalue weighted by atomic mass is 127. The smallest absolute Gasteiger partial charge is 0.225 e. The fourth-order valence-corrected chi connectivity index (χ4v) is 2.69. The summed E-state index contributed by atoms with van der Waals surface area (Å²) in [6, 6.07) is 7.95. The van der Waals surface area contributed by atoms with E-state index in [1.807, 2.05) is 18.2 Å². The Morgan fingerprint density at radius 2 is 2.12 bits per heavy atom. The van der Waals surface area contributed by atoms with Crippen molar-refractivity contribution in [2.24, 2.45) is 10.9 Å². The van der Waals surface area contributed by atoms with Crippen LogP contribution in [0.5, 0.6) is 0 Å². The summed E-state index contributed by atoms with van der Waals surface area (Å²) in [5, 5.41) is 9.45. The molecule has 1 unspecified atom stereocenters. The molecule has 25 heavy (non-hydrogen) atoms. The van der Waals surface area contributed by atoms with Gasteiger partial charge < -0.3 is 20.7 Å². The van der Waals surface area contributed by atoms with Gasteiger partial charge in [0, 0.05) is 44.8 Å². The molecule has 0 spiro atoms. The van der Waals surface area contributed by atoms with Gasteiger partial charge >= 0.3 is 0 Å². The van der Waals surface area contributed by atoms with E-state index in [0.29, 0.717) is 32.0 Å². The molecule has 140 valence electrons. The van der Waals surface area contributed by atoms with E-state index in [0.717, 1.165) is 18.3 Å². The van der Waals surface area contributed by atoms with E-state index in [4.69, 9.17) is 4.74 Å². The first-order valence-electron chi connectivity index (χ1n) is 8.51. The summed E-state index contributed by atoms with van der Waals surface area (Å²) < 4.78 is 5.55. The first kappa shape index (κ1) is 21.7. The van der Waals surface area contributed by atoms with Gasteiger partial charge in [0.15, 0.2) is 5.96 Å². The summed E-state index contributed by atoms with van der Waals surface area (Å²) in [5.41, 5.74) is 2.07. The molecule has 0 bridgehead atoms. The molecule has 2 rings (SSSR count). The Kier molecular flexibility index (Phi) is 9.81. The van der Waals surface area contributed by atoms with Crippen LogP contribution in [0.4, 0.5) is 5.69 Å². The molecular weight excluding hydrogens is 431 g/mol. The van der Waals surface area contributed by atoms with Crippen LogP contribution in [-0.2, 0) is 9.53 Å². The van der Waals surface area contributed by atoms with Gasteiger partial charge in [-0.2, -0.15) is 0 Å². The van der Waals surface area contributed by atoms with Gasteiger partial charge in [-0.05, 0) is 17.5 Å². The van der Waals surface area contributed by atoms with Crippen molar-refractivity contribution in [3.63, 3.8) is 0 Å². The summed E-state index contributed by atoms with van der Waals surface area (Å²) >= 11 is 0. The highest BCUT2D eigenvalue weighted by Crippen LogP contribution is 2.31. The maximum absolute atomic E-state index is 11.8. The molecule has 1 aliphatic rings. The minimum Gasteiger partial charge on any atom is -0.379 e. The van der Waals surface area contributed by atoms with Crippen molar-refractivity contribution in [3.8, 4) is 0 Å². The zero-order chi connectivity index (χ0) is 17.4. The van der Waals surface area contributed by atoms with E-state index in [-0.39, 0.29) is 35.8 Å². The van der Waals surface area contributed by atoms with Gasteiger partial charge in [0.2, 0.25) is 5.91 Å². The van der Waals surface area contributed by atoms with Crippen molar-refractivity contribution in [2.75, 3.05) is 38.7 Å². The zero-order valence-electron chi connectivity index (χ0n) is 15.2. The van der Waals surface area contributed by atoms with E-state index < -0.39 is 0 Å². The van der Waals surface area contributed by atoms with Crippen molar-refractivity contribution in [1.29, 1.82) is 0 Å². The van der Waals surface area contributed by atoms with Gasteiger partial charge in [-0.3, -0.25) is 9.79 Å². The number of benzene rings is 1. The molecule has 1 aromatic rings. The second-order valence-electron chi connectivity index (χ2n) is 6.39. The van der Waals surface area contributed by atoms with Crippen molar-refractivity contribution < 1.29 is 9.53 Å². The zero-order valence-corrected chi connectivity index (χ0v) is 17.5. The summed E-state index contributed by atoms with van der Waals surface area (Å²) in [6.07, 6.45) is 0.485. The van der Waals surface area contributed by atoms with E-state index >= 15 is 0 Å². The number of carbonyl (C=O) groups is 1. The third-order valence-electron chi connectivity index (χ3n) is 3.84. The SMILES string of the molecule is CN=C(NCCOCC(C)C)NCC1CC(=O)Nc2ccccc21.I. The Labute approximate surface area is 167 Å². The van der Waals surface area contributed by atoms with Crippen LogP contribution in [-0.4, -0.2) is 45.2 Å². The van der Waals surface area contributed by atoms with Crippen molar-refractivity contribution in [1.82, 2.24) is 10.6 Å². The lowest BCUT2D eigenvalue weighted by Crippen LogP contribution is -2.41. The van der Waals surface area contributed by atoms with Gasteiger partial charge in [0.25, 0.3) is 0 Å². The monoisotopic (exact) mass is 460 g/mol. The second kappa shape index (κ2) is 11.3. The number of rotatable bonds is 7. The molecule has 0 saturated carbocycles. The molecular formula is C18H29IN4O2. The van der Waals surface area contributed by atoms with Crippen LogP contribution in [0.3, 0.4) is 0 Å². The minimum atomic E-state index is 0. The topological polar surface area (TPSA) is 74.8 Å². The van der Waals surface area contributed by atoms with Crippen LogP contribution in [0, 0.1) is 5.92 Å². The average molecular weight is 460 g/mol. The van der Waals surface area contributed by atoms with Crippen molar-refractivity contribution in [3.05, 3.63) is 29.8 Å². The van der Waals surface area contributed by atoms with Gasteiger partial charge in [-0.15, -0.1) is 24.0 Å². The van der Waals surface area contributed by atoms with Crippen LogP contribution in [0.2, 0.25) is 0 Å². The molecule has 1 heterocycles. The summed E-state index contributed by atoms with van der Waals surface area (Å²) in [5.74, 6) is 1.47. The maximum atomic E-state index is 11.8. The number of nitrogens with one attached hydrogen (secondary N) is 3. The van der Waals surface area contributed by atoms with Crippen LogP contribution in [0.25, 0.3) is 0 Å². The number of amides is 1. The normalized spacial score (nSPS) is 16.7. The van der Waals surface area contributed by atoms with Crippen molar-refractivity contribution >= 4 is 41.5 Å². The largest absolute Gasteiger partial charge is 0.379 e.